The summed E-state index contributed by atoms with van der Waals surface area (Å²) < 4.78 is 11.8. The molecule has 0 amide bonds. The van der Waals surface area contributed by atoms with Crippen LogP contribution in [0.2, 0.25) is 0 Å². The molecule has 2 fully saturated rings. The largest absolute Gasteiger partial charge is 0.496 e. The van der Waals surface area contributed by atoms with Crippen molar-refractivity contribution in [2.24, 2.45) is 5.73 Å². The molecular weight excluding hydrogens is 262 g/mol. The van der Waals surface area contributed by atoms with E-state index in [2.05, 4.69) is 6.07 Å². The topological polar surface area (TPSA) is 44.5 Å². The molecule has 21 heavy (non-hydrogen) atoms. The Hall–Kier alpha value is -1.06. The van der Waals surface area contributed by atoms with Crippen molar-refractivity contribution in [3.63, 3.8) is 0 Å². The maximum Gasteiger partial charge on any atom is 0.122 e. The van der Waals surface area contributed by atoms with Gasteiger partial charge < -0.3 is 15.2 Å². The van der Waals surface area contributed by atoms with Gasteiger partial charge >= 0.3 is 0 Å². The summed E-state index contributed by atoms with van der Waals surface area (Å²) in [5, 5.41) is 0. The van der Waals surface area contributed by atoms with Gasteiger partial charge in [0.25, 0.3) is 0 Å². The van der Waals surface area contributed by atoms with Crippen molar-refractivity contribution in [3.8, 4) is 5.75 Å². The number of benzene rings is 1. The van der Waals surface area contributed by atoms with E-state index in [0.29, 0.717) is 6.10 Å². The molecule has 0 aromatic heterocycles. The average Bonchev–Trinajstić information content (AvgIpc) is 3.10. The average molecular weight is 289 g/mol. The van der Waals surface area contributed by atoms with Gasteiger partial charge in [0.15, 0.2) is 0 Å². The summed E-state index contributed by atoms with van der Waals surface area (Å²) >= 11 is 0. The van der Waals surface area contributed by atoms with E-state index in [-0.39, 0.29) is 11.6 Å². The molecule has 1 aliphatic carbocycles. The molecule has 1 heterocycles. The van der Waals surface area contributed by atoms with Crippen LogP contribution < -0.4 is 10.5 Å². The molecule has 2 unspecified atom stereocenters. The minimum absolute atomic E-state index is 0.142. The Kier molecular flexibility index (Phi) is 4.51. The van der Waals surface area contributed by atoms with E-state index in [0.717, 1.165) is 18.6 Å². The van der Waals surface area contributed by atoms with E-state index in [1.165, 1.54) is 44.1 Å². The number of nitrogens with two attached hydrogens (primary N) is 1. The molecule has 1 aromatic rings. The third-order valence-corrected chi connectivity index (χ3v) is 5.09. The maximum absolute atomic E-state index is 6.36. The van der Waals surface area contributed by atoms with Crippen molar-refractivity contribution in [1.82, 2.24) is 0 Å². The third-order valence-electron chi connectivity index (χ3n) is 5.09. The molecule has 1 saturated carbocycles. The Bertz CT molecular complexity index is 468. The van der Waals surface area contributed by atoms with Crippen LogP contribution in [0.3, 0.4) is 0 Å². The molecule has 0 radical (unpaired) electrons. The summed E-state index contributed by atoms with van der Waals surface area (Å²) in [6, 6.07) is 8.29. The maximum atomic E-state index is 6.36. The van der Waals surface area contributed by atoms with Crippen molar-refractivity contribution in [1.29, 1.82) is 0 Å². The molecular formula is C18H27NO2. The number of methoxy groups -OCH3 is 1. The number of ether oxygens (including phenoxy) is 2. The summed E-state index contributed by atoms with van der Waals surface area (Å²) in [6.45, 7) is 0. The predicted octanol–water partition coefficient (Wildman–Crippen LogP) is 3.45. The normalized spacial score (nSPS) is 25.3. The van der Waals surface area contributed by atoms with Crippen LogP contribution in [0.25, 0.3) is 0 Å². The minimum Gasteiger partial charge on any atom is -0.496 e. The highest BCUT2D eigenvalue weighted by Crippen LogP contribution is 2.44. The summed E-state index contributed by atoms with van der Waals surface area (Å²) in [4.78, 5) is 0. The zero-order valence-electron chi connectivity index (χ0n) is 13.0. The lowest BCUT2D eigenvalue weighted by molar-refractivity contribution is -0.0408. The van der Waals surface area contributed by atoms with E-state index < -0.39 is 0 Å². The molecule has 0 bridgehead atoms. The lowest BCUT2D eigenvalue weighted by Gasteiger charge is -2.25. The molecule has 2 aliphatic rings. The van der Waals surface area contributed by atoms with Gasteiger partial charge in [-0.1, -0.05) is 31.0 Å². The first-order valence-electron chi connectivity index (χ1n) is 8.26. The summed E-state index contributed by atoms with van der Waals surface area (Å²) in [5.74, 6) is 0.938. The van der Waals surface area contributed by atoms with E-state index in [9.17, 15) is 0 Å². The van der Waals surface area contributed by atoms with Crippen LogP contribution in [0.4, 0.5) is 0 Å². The minimum atomic E-state index is 0.142. The molecule has 1 saturated heterocycles. The Morgan fingerprint density at radius 3 is 2.81 bits per heavy atom. The Labute approximate surface area is 127 Å². The van der Waals surface area contributed by atoms with Gasteiger partial charge in [-0.2, -0.15) is 0 Å². The summed E-state index contributed by atoms with van der Waals surface area (Å²) in [7, 11) is 1.72. The summed E-state index contributed by atoms with van der Waals surface area (Å²) in [6.07, 6.45) is 9.76. The molecule has 3 heteroatoms. The first-order chi connectivity index (χ1) is 10.2. The second-order valence-corrected chi connectivity index (χ2v) is 6.68. The number of hydrogen-bond donors (Lipinski definition) is 1. The third kappa shape index (κ3) is 3.41. The zero-order valence-corrected chi connectivity index (χ0v) is 13.0. The fourth-order valence-electron chi connectivity index (χ4n) is 4.02. The van der Waals surface area contributed by atoms with E-state index in [1.807, 2.05) is 18.2 Å². The van der Waals surface area contributed by atoms with Crippen molar-refractivity contribution < 1.29 is 9.47 Å². The lowest BCUT2D eigenvalue weighted by Crippen LogP contribution is -2.31. The quantitative estimate of drug-likeness (QED) is 0.903. The van der Waals surface area contributed by atoms with Crippen molar-refractivity contribution in [2.75, 3.05) is 7.11 Å². The van der Waals surface area contributed by atoms with Gasteiger partial charge in [-0.3, -0.25) is 0 Å². The van der Waals surface area contributed by atoms with Crippen LogP contribution in [0.15, 0.2) is 24.3 Å². The van der Waals surface area contributed by atoms with Gasteiger partial charge in [-0.05, 0) is 50.2 Å². The monoisotopic (exact) mass is 289 g/mol. The van der Waals surface area contributed by atoms with Crippen LogP contribution in [-0.2, 0) is 11.2 Å². The van der Waals surface area contributed by atoms with E-state index >= 15 is 0 Å². The molecule has 1 spiro atoms. The fourth-order valence-corrected chi connectivity index (χ4v) is 4.02. The molecule has 2 atom stereocenters. The number of para-hydroxylation sites is 1. The van der Waals surface area contributed by atoms with Gasteiger partial charge in [-0.15, -0.1) is 0 Å². The Balaban J connectivity index is 1.54. The highest BCUT2D eigenvalue weighted by molar-refractivity contribution is 5.33. The van der Waals surface area contributed by atoms with Crippen LogP contribution in [-0.4, -0.2) is 24.9 Å². The van der Waals surface area contributed by atoms with Crippen LogP contribution in [0.5, 0.6) is 5.75 Å². The second kappa shape index (κ2) is 6.37. The SMILES string of the molecule is COc1ccccc1CC(N)CC1CCC2(CCCC2)O1. The molecule has 116 valence electrons. The highest BCUT2D eigenvalue weighted by atomic mass is 16.5. The van der Waals surface area contributed by atoms with Gasteiger partial charge in [0, 0.05) is 6.04 Å². The number of hydrogen-bond acceptors (Lipinski definition) is 3. The van der Waals surface area contributed by atoms with Crippen molar-refractivity contribution in [3.05, 3.63) is 29.8 Å². The van der Waals surface area contributed by atoms with Crippen LogP contribution in [0.1, 0.15) is 50.5 Å². The van der Waals surface area contributed by atoms with Gasteiger partial charge in [0.2, 0.25) is 0 Å². The van der Waals surface area contributed by atoms with E-state index in [4.69, 9.17) is 15.2 Å². The molecule has 1 aliphatic heterocycles. The standard InChI is InChI=1S/C18H27NO2/c1-20-17-7-3-2-6-14(17)12-15(19)13-16-8-11-18(21-16)9-4-5-10-18/h2-3,6-7,15-16H,4-5,8-13,19H2,1H3. The van der Waals surface area contributed by atoms with Gasteiger partial charge in [0.1, 0.15) is 5.75 Å². The van der Waals surface area contributed by atoms with Gasteiger partial charge in [0.05, 0.1) is 18.8 Å². The molecule has 3 nitrogen and oxygen atoms in total. The molecule has 3 rings (SSSR count). The molecule has 2 N–H and O–H groups in total. The highest BCUT2D eigenvalue weighted by Gasteiger charge is 2.42. The first-order valence-corrected chi connectivity index (χ1v) is 8.26. The van der Waals surface area contributed by atoms with Gasteiger partial charge in [-0.25, -0.2) is 0 Å². The van der Waals surface area contributed by atoms with Crippen LogP contribution in [0, 0.1) is 0 Å². The Morgan fingerprint density at radius 2 is 2.05 bits per heavy atom. The second-order valence-electron chi connectivity index (χ2n) is 6.68. The summed E-state index contributed by atoms with van der Waals surface area (Å²) in [5.41, 5.74) is 7.77. The fraction of sp³-hybridized carbons (Fsp3) is 0.667. The Morgan fingerprint density at radius 1 is 1.29 bits per heavy atom. The van der Waals surface area contributed by atoms with Crippen LogP contribution >= 0.6 is 0 Å². The first kappa shape index (κ1) is 14.9. The predicted molar refractivity (Wildman–Crippen MR) is 84.6 cm³/mol. The number of rotatable bonds is 5. The molecule has 1 aromatic carbocycles. The lowest BCUT2D eigenvalue weighted by atomic mass is 9.96. The zero-order chi connectivity index (χ0) is 14.7. The van der Waals surface area contributed by atoms with Crippen molar-refractivity contribution >= 4 is 0 Å². The van der Waals surface area contributed by atoms with Crippen molar-refractivity contribution in [2.45, 2.75) is 69.1 Å². The van der Waals surface area contributed by atoms with E-state index in [1.54, 1.807) is 7.11 Å². The smallest absolute Gasteiger partial charge is 0.122 e.